The van der Waals surface area contributed by atoms with Crippen LogP contribution in [0, 0.1) is 11.8 Å². The fourth-order valence-electron chi connectivity index (χ4n) is 2.34. The Morgan fingerprint density at radius 3 is 2.83 bits per heavy atom. The summed E-state index contributed by atoms with van der Waals surface area (Å²) in [6.45, 7) is 1.61. The molecule has 4 heteroatoms. The molecule has 1 saturated carbocycles. The molecule has 2 atom stereocenters. The van der Waals surface area contributed by atoms with Crippen LogP contribution >= 0.6 is 0 Å². The van der Waals surface area contributed by atoms with Crippen molar-refractivity contribution in [1.82, 2.24) is 4.90 Å². The molecular formula is C14H19NO3. The third-order valence-corrected chi connectivity index (χ3v) is 3.42. The van der Waals surface area contributed by atoms with Gasteiger partial charge in [-0.3, -0.25) is 4.79 Å². The van der Waals surface area contributed by atoms with Gasteiger partial charge in [-0.05, 0) is 25.5 Å². The summed E-state index contributed by atoms with van der Waals surface area (Å²) in [6.07, 6.45) is 0.811. The van der Waals surface area contributed by atoms with E-state index in [0.29, 0.717) is 5.92 Å². The summed E-state index contributed by atoms with van der Waals surface area (Å²) < 4.78 is 5.31. The van der Waals surface area contributed by atoms with Crippen molar-refractivity contribution in [2.45, 2.75) is 13.0 Å². The fraction of sp³-hybridized carbons (Fsp3) is 0.500. The monoisotopic (exact) mass is 249 g/mol. The van der Waals surface area contributed by atoms with Crippen molar-refractivity contribution in [3.63, 3.8) is 0 Å². The number of ether oxygens (including phenoxy) is 1. The summed E-state index contributed by atoms with van der Waals surface area (Å²) in [6, 6.07) is 7.92. The molecule has 1 aliphatic rings. The van der Waals surface area contributed by atoms with Crippen LogP contribution in [0.15, 0.2) is 24.3 Å². The van der Waals surface area contributed by atoms with Gasteiger partial charge in [0, 0.05) is 18.7 Å². The van der Waals surface area contributed by atoms with E-state index < -0.39 is 5.97 Å². The van der Waals surface area contributed by atoms with Gasteiger partial charge in [-0.25, -0.2) is 0 Å². The molecule has 18 heavy (non-hydrogen) atoms. The number of hydrogen-bond donors (Lipinski definition) is 1. The first-order valence-corrected chi connectivity index (χ1v) is 6.15. The highest BCUT2D eigenvalue weighted by Crippen LogP contribution is 2.39. The van der Waals surface area contributed by atoms with Gasteiger partial charge >= 0.3 is 5.97 Å². The maximum Gasteiger partial charge on any atom is 0.306 e. The molecule has 0 aromatic heterocycles. The first-order chi connectivity index (χ1) is 8.61. The molecular weight excluding hydrogens is 230 g/mol. The van der Waals surface area contributed by atoms with Crippen LogP contribution in [-0.4, -0.2) is 36.7 Å². The van der Waals surface area contributed by atoms with Gasteiger partial charge in [0.1, 0.15) is 5.75 Å². The number of rotatable bonds is 6. The summed E-state index contributed by atoms with van der Waals surface area (Å²) in [5.74, 6) is 0.396. The van der Waals surface area contributed by atoms with Crippen molar-refractivity contribution in [2.24, 2.45) is 11.8 Å². The number of carbonyl (C=O) groups is 1. The van der Waals surface area contributed by atoms with Gasteiger partial charge in [0.2, 0.25) is 0 Å². The van der Waals surface area contributed by atoms with E-state index in [1.54, 1.807) is 7.11 Å². The smallest absolute Gasteiger partial charge is 0.306 e. The molecule has 0 spiro atoms. The number of carboxylic acids is 1. The molecule has 1 aliphatic carbocycles. The summed E-state index contributed by atoms with van der Waals surface area (Å²) in [4.78, 5) is 12.9. The second-order valence-electron chi connectivity index (χ2n) is 4.95. The van der Waals surface area contributed by atoms with E-state index in [1.165, 1.54) is 0 Å². The highest BCUT2D eigenvalue weighted by Gasteiger charge is 2.43. The minimum atomic E-state index is -0.661. The molecule has 0 amide bonds. The van der Waals surface area contributed by atoms with Gasteiger partial charge in [0.05, 0.1) is 13.0 Å². The summed E-state index contributed by atoms with van der Waals surface area (Å²) in [5.41, 5.74) is 1.13. The lowest BCUT2D eigenvalue weighted by Gasteiger charge is -2.18. The van der Waals surface area contributed by atoms with Crippen LogP contribution in [0.25, 0.3) is 0 Å². The molecule has 0 saturated heterocycles. The molecule has 1 fully saturated rings. The number of methoxy groups -OCH3 is 1. The summed E-state index contributed by atoms with van der Waals surface area (Å²) in [5, 5.41) is 8.87. The fourth-order valence-corrected chi connectivity index (χ4v) is 2.34. The van der Waals surface area contributed by atoms with Crippen LogP contribution in [0.2, 0.25) is 0 Å². The van der Waals surface area contributed by atoms with E-state index in [1.807, 2.05) is 31.3 Å². The Kier molecular flexibility index (Phi) is 3.87. The average molecular weight is 249 g/mol. The number of hydrogen-bond acceptors (Lipinski definition) is 3. The van der Waals surface area contributed by atoms with Crippen molar-refractivity contribution in [2.75, 3.05) is 20.7 Å². The second-order valence-corrected chi connectivity index (χ2v) is 4.95. The van der Waals surface area contributed by atoms with Crippen molar-refractivity contribution in [3.8, 4) is 5.75 Å². The quantitative estimate of drug-likeness (QED) is 0.836. The highest BCUT2D eigenvalue weighted by molar-refractivity contribution is 5.73. The topological polar surface area (TPSA) is 49.8 Å². The van der Waals surface area contributed by atoms with Gasteiger partial charge in [-0.2, -0.15) is 0 Å². The zero-order valence-corrected chi connectivity index (χ0v) is 10.8. The largest absolute Gasteiger partial charge is 0.496 e. The van der Waals surface area contributed by atoms with Gasteiger partial charge in [-0.15, -0.1) is 0 Å². The Hall–Kier alpha value is -1.55. The van der Waals surface area contributed by atoms with E-state index in [4.69, 9.17) is 9.84 Å². The summed E-state index contributed by atoms with van der Waals surface area (Å²) in [7, 11) is 3.68. The zero-order valence-electron chi connectivity index (χ0n) is 10.8. The first-order valence-electron chi connectivity index (χ1n) is 6.15. The van der Waals surface area contributed by atoms with Crippen LogP contribution in [0.3, 0.4) is 0 Å². The molecule has 4 nitrogen and oxygen atoms in total. The minimum Gasteiger partial charge on any atom is -0.496 e. The molecule has 0 aliphatic heterocycles. The maximum atomic E-state index is 10.8. The van der Waals surface area contributed by atoms with Gasteiger partial charge in [0.25, 0.3) is 0 Å². The van der Waals surface area contributed by atoms with Crippen LogP contribution in [0.4, 0.5) is 0 Å². The summed E-state index contributed by atoms with van der Waals surface area (Å²) >= 11 is 0. The Morgan fingerprint density at radius 1 is 1.50 bits per heavy atom. The van der Waals surface area contributed by atoms with Gasteiger partial charge < -0.3 is 14.7 Å². The Labute approximate surface area is 107 Å². The van der Waals surface area contributed by atoms with Crippen molar-refractivity contribution < 1.29 is 14.6 Å². The Balaban J connectivity index is 1.88. The van der Waals surface area contributed by atoms with Crippen LogP contribution in [-0.2, 0) is 11.3 Å². The van der Waals surface area contributed by atoms with Crippen molar-refractivity contribution in [3.05, 3.63) is 29.8 Å². The number of aliphatic carboxylic acids is 1. The number of para-hydroxylation sites is 1. The lowest BCUT2D eigenvalue weighted by atomic mass is 10.2. The number of benzene rings is 1. The molecule has 1 aromatic carbocycles. The van der Waals surface area contributed by atoms with E-state index in [2.05, 4.69) is 4.90 Å². The number of nitrogens with zero attached hydrogens (tertiary/aromatic N) is 1. The van der Waals surface area contributed by atoms with Crippen LogP contribution in [0.1, 0.15) is 12.0 Å². The average Bonchev–Trinajstić information content (AvgIpc) is 3.09. The van der Waals surface area contributed by atoms with E-state index >= 15 is 0 Å². The lowest BCUT2D eigenvalue weighted by Crippen LogP contribution is -2.22. The Morgan fingerprint density at radius 2 is 2.22 bits per heavy atom. The first kappa shape index (κ1) is 12.9. The van der Waals surface area contributed by atoms with Crippen molar-refractivity contribution >= 4 is 5.97 Å². The molecule has 1 N–H and O–H groups in total. The van der Waals surface area contributed by atoms with Crippen LogP contribution in [0.5, 0.6) is 5.75 Å². The van der Waals surface area contributed by atoms with E-state index in [-0.39, 0.29) is 5.92 Å². The SMILES string of the molecule is COc1ccccc1CN(C)CC1CC1C(=O)O. The highest BCUT2D eigenvalue weighted by atomic mass is 16.5. The molecule has 2 unspecified atom stereocenters. The van der Waals surface area contributed by atoms with E-state index in [9.17, 15) is 4.79 Å². The third kappa shape index (κ3) is 3.01. The molecule has 1 aromatic rings. The van der Waals surface area contributed by atoms with Crippen molar-refractivity contribution in [1.29, 1.82) is 0 Å². The second kappa shape index (κ2) is 5.40. The minimum absolute atomic E-state index is 0.134. The lowest BCUT2D eigenvalue weighted by molar-refractivity contribution is -0.138. The molecule has 0 bridgehead atoms. The normalized spacial score (nSPS) is 21.9. The molecule has 0 heterocycles. The standard InChI is InChI=1S/C14H19NO3/c1-15(9-11-7-12(11)14(16)17)8-10-5-3-4-6-13(10)18-2/h3-6,11-12H,7-9H2,1-2H3,(H,16,17). The predicted octanol–water partition coefficient (Wildman–Crippen LogP) is 1.85. The predicted molar refractivity (Wildman–Crippen MR) is 68.6 cm³/mol. The third-order valence-electron chi connectivity index (χ3n) is 3.42. The molecule has 0 radical (unpaired) electrons. The molecule has 98 valence electrons. The van der Waals surface area contributed by atoms with Crippen LogP contribution < -0.4 is 4.74 Å². The zero-order chi connectivity index (χ0) is 13.1. The number of carboxylic acid groups (broad SMARTS) is 1. The molecule has 2 rings (SSSR count). The van der Waals surface area contributed by atoms with Gasteiger partial charge in [-0.1, -0.05) is 18.2 Å². The Bertz CT molecular complexity index is 433. The van der Waals surface area contributed by atoms with Gasteiger partial charge in [0.15, 0.2) is 0 Å². The van der Waals surface area contributed by atoms with E-state index in [0.717, 1.165) is 30.8 Å². The maximum absolute atomic E-state index is 10.8.